The van der Waals surface area contributed by atoms with Gasteiger partial charge in [-0.2, -0.15) is 0 Å². The van der Waals surface area contributed by atoms with Crippen molar-refractivity contribution >= 4 is 13.6 Å². The van der Waals surface area contributed by atoms with E-state index >= 15 is 0 Å². The molecule has 120 valence electrons. The zero-order chi connectivity index (χ0) is 15.9. The Labute approximate surface area is 122 Å². The minimum absolute atomic E-state index is 0.0277. The first-order valence-electron chi connectivity index (χ1n) is 6.76. The Bertz CT molecular complexity index is 338. The summed E-state index contributed by atoms with van der Waals surface area (Å²) in [5.74, 6) is -0.674. The van der Waals surface area contributed by atoms with Gasteiger partial charge in [0.15, 0.2) is 0 Å². The van der Waals surface area contributed by atoms with Gasteiger partial charge in [-0.05, 0) is 18.3 Å². The molecule has 0 aliphatic carbocycles. The lowest BCUT2D eigenvalue weighted by molar-refractivity contribution is -0.143. The smallest absolute Gasteiger partial charge is 0.347 e. The summed E-state index contributed by atoms with van der Waals surface area (Å²) >= 11 is 0. The number of ether oxygens (including phenoxy) is 1. The molecule has 0 heterocycles. The van der Waals surface area contributed by atoms with Crippen LogP contribution in [0.15, 0.2) is 0 Å². The number of methoxy groups -OCH3 is 1. The fourth-order valence-corrected chi connectivity index (χ4v) is 3.70. The molecule has 0 aliphatic rings. The maximum Gasteiger partial charge on any atom is 0.347 e. The van der Waals surface area contributed by atoms with E-state index < -0.39 is 19.4 Å². The summed E-state index contributed by atoms with van der Waals surface area (Å²) in [6, 6.07) is -0.536. The van der Waals surface area contributed by atoms with Crippen molar-refractivity contribution < 1.29 is 23.1 Å². The molecular weight excluding hydrogens is 281 g/mol. The highest BCUT2D eigenvalue weighted by Crippen LogP contribution is 2.53. The van der Waals surface area contributed by atoms with Crippen LogP contribution in [0.5, 0.6) is 0 Å². The van der Waals surface area contributed by atoms with E-state index in [0.717, 1.165) is 0 Å². The van der Waals surface area contributed by atoms with Crippen molar-refractivity contribution in [2.75, 3.05) is 21.3 Å². The van der Waals surface area contributed by atoms with E-state index in [-0.39, 0.29) is 11.9 Å². The number of nitrogens with one attached hydrogen (secondary N) is 1. The number of carbonyl (C=O) groups is 1. The maximum atomic E-state index is 12.6. The average Bonchev–Trinajstić information content (AvgIpc) is 2.40. The Morgan fingerprint density at radius 1 is 1.10 bits per heavy atom. The number of hydrogen-bond donors (Lipinski definition) is 1. The Hall–Kier alpha value is -0.420. The predicted molar refractivity (Wildman–Crippen MR) is 78.6 cm³/mol. The van der Waals surface area contributed by atoms with E-state index in [4.69, 9.17) is 13.8 Å². The molecule has 0 unspecified atom stereocenters. The number of esters is 1. The largest absolute Gasteiger partial charge is 0.468 e. The first-order chi connectivity index (χ1) is 9.21. The molecule has 0 spiro atoms. The van der Waals surface area contributed by atoms with Crippen LogP contribution in [-0.2, 0) is 23.1 Å². The minimum atomic E-state index is -3.31. The lowest BCUT2D eigenvalue weighted by atomic mass is 10.0. The van der Waals surface area contributed by atoms with Gasteiger partial charge in [-0.25, -0.2) is 0 Å². The van der Waals surface area contributed by atoms with E-state index in [1.807, 2.05) is 27.7 Å². The van der Waals surface area contributed by atoms with Crippen LogP contribution >= 0.6 is 7.60 Å². The van der Waals surface area contributed by atoms with E-state index in [9.17, 15) is 9.36 Å². The average molecular weight is 309 g/mol. The standard InChI is InChI=1S/C13H28NO5P/c1-9(2)8-11(13(15)17-5)14-12(10(3)4)20(16,18-6)19-7/h9-12,14H,8H2,1-7H3/t11-,12-/m1/s1. The third kappa shape index (κ3) is 5.52. The number of rotatable bonds is 9. The van der Waals surface area contributed by atoms with E-state index in [1.54, 1.807) is 0 Å². The summed E-state index contributed by atoms with van der Waals surface area (Å²) in [4.78, 5) is 11.9. The van der Waals surface area contributed by atoms with Crippen molar-refractivity contribution in [3.05, 3.63) is 0 Å². The monoisotopic (exact) mass is 309 g/mol. The third-order valence-electron chi connectivity index (χ3n) is 3.05. The van der Waals surface area contributed by atoms with Crippen LogP contribution in [0, 0.1) is 11.8 Å². The van der Waals surface area contributed by atoms with Gasteiger partial charge in [0.1, 0.15) is 11.8 Å². The van der Waals surface area contributed by atoms with E-state index in [1.165, 1.54) is 21.3 Å². The topological polar surface area (TPSA) is 73.9 Å². The first-order valence-corrected chi connectivity index (χ1v) is 8.38. The minimum Gasteiger partial charge on any atom is -0.468 e. The molecule has 0 bridgehead atoms. The highest BCUT2D eigenvalue weighted by molar-refractivity contribution is 7.54. The quantitative estimate of drug-likeness (QED) is 0.521. The van der Waals surface area contributed by atoms with Crippen LogP contribution < -0.4 is 5.32 Å². The second kappa shape index (κ2) is 8.78. The summed E-state index contributed by atoms with van der Waals surface area (Å²) < 4.78 is 27.5. The maximum absolute atomic E-state index is 12.6. The SMILES string of the molecule is COC(=O)[C@@H](CC(C)C)N[C@@H](C(C)C)P(=O)(OC)OC. The molecule has 0 aromatic rings. The molecule has 7 heteroatoms. The van der Waals surface area contributed by atoms with Gasteiger partial charge in [0.05, 0.1) is 7.11 Å². The van der Waals surface area contributed by atoms with Gasteiger partial charge in [-0.3, -0.25) is 14.7 Å². The molecule has 0 aliphatic heterocycles. The highest BCUT2D eigenvalue weighted by atomic mass is 31.2. The molecule has 0 fully saturated rings. The van der Waals surface area contributed by atoms with Gasteiger partial charge >= 0.3 is 13.6 Å². The van der Waals surface area contributed by atoms with Crippen LogP contribution in [0.4, 0.5) is 0 Å². The van der Waals surface area contributed by atoms with Crippen LogP contribution in [-0.4, -0.2) is 39.1 Å². The lowest BCUT2D eigenvalue weighted by Crippen LogP contribution is -2.47. The summed E-state index contributed by atoms with van der Waals surface area (Å²) in [5, 5.41) is 3.09. The predicted octanol–water partition coefficient (Wildman–Crippen LogP) is 2.63. The summed E-state index contributed by atoms with van der Waals surface area (Å²) in [5.41, 5.74) is 0. The van der Waals surface area contributed by atoms with Crippen molar-refractivity contribution in [3.63, 3.8) is 0 Å². The van der Waals surface area contributed by atoms with Crippen molar-refractivity contribution in [3.8, 4) is 0 Å². The molecule has 0 saturated carbocycles. The fourth-order valence-electron chi connectivity index (χ4n) is 2.00. The van der Waals surface area contributed by atoms with Crippen molar-refractivity contribution in [1.29, 1.82) is 0 Å². The second-order valence-corrected chi connectivity index (χ2v) is 7.83. The molecule has 0 rings (SSSR count). The van der Waals surface area contributed by atoms with Gasteiger partial charge in [0.2, 0.25) is 0 Å². The molecule has 0 aromatic heterocycles. The number of carbonyl (C=O) groups excluding carboxylic acids is 1. The van der Waals surface area contributed by atoms with Gasteiger partial charge in [0, 0.05) is 14.2 Å². The zero-order valence-electron chi connectivity index (χ0n) is 13.5. The summed E-state index contributed by atoms with van der Waals surface area (Å²) in [6.45, 7) is 7.81. The second-order valence-electron chi connectivity index (χ2n) is 5.47. The molecule has 20 heavy (non-hydrogen) atoms. The van der Waals surface area contributed by atoms with E-state index in [0.29, 0.717) is 12.3 Å². The van der Waals surface area contributed by atoms with Crippen LogP contribution in [0.2, 0.25) is 0 Å². The molecule has 0 amide bonds. The molecular formula is C13H28NO5P. The van der Waals surface area contributed by atoms with Crippen LogP contribution in [0.3, 0.4) is 0 Å². The van der Waals surface area contributed by atoms with E-state index in [2.05, 4.69) is 5.32 Å². The Balaban J connectivity index is 5.19. The first kappa shape index (κ1) is 19.6. The number of hydrogen-bond acceptors (Lipinski definition) is 6. The Morgan fingerprint density at radius 2 is 1.60 bits per heavy atom. The van der Waals surface area contributed by atoms with Crippen LogP contribution in [0.25, 0.3) is 0 Å². The fraction of sp³-hybridized carbons (Fsp3) is 0.923. The summed E-state index contributed by atoms with van der Waals surface area (Å²) in [7, 11) is 0.716. The van der Waals surface area contributed by atoms with Gasteiger partial charge in [0.25, 0.3) is 0 Å². The molecule has 6 nitrogen and oxygen atoms in total. The Morgan fingerprint density at radius 3 is 1.90 bits per heavy atom. The van der Waals surface area contributed by atoms with Crippen LogP contribution in [0.1, 0.15) is 34.1 Å². The Kier molecular flexibility index (Phi) is 8.59. The molecule has 0 radical (unpaired) electrons. The van der Waals surface area contributed by atoms with Crippen molar-refractivity contribution in [2.24, 2.45) is 11.8 Å². The summed E-state index contributed by atoms with van der Waals surface area (Å²) in [6.07, 6.45) is 0.587. The van der Waals surface area contributed by atoms with Crippen molar-refractivity contribution in [2.45, 2.75) is 45.9 Å². The lowest BCUT2D eigenvalue weighted by Gasteiger charge is -2.31. The molecule has 1 N–H and O–H groups in total. The van der Waals surface area contributed by atoms with Gasteiger partial charge < -0.3 is 13.8 Å². The normalized spacial score (nSPS) is 15.4. The molecule has 2 atom stereocenters. The van der Waals surface area contributed by atoms with Crippen molar-refractivity contribution in [1.82, 2.24) is 5.32 Å². The molecule has 0 saturated heterocycles. The zero-order valence-corrected chi connectivity index (χ0v) is 14.4. The van der Waals surface area contributed by atoms with Gasteiger partial charge in [-0.15, -0.1) is 0 Å². The molecule has 0 aromatic carbocycles. The van der Waals surface area contributed by atoms with Gasteiger partial charge in [-0.1, -0.05) is 27.7 Å². The highest BCUT2D eigenvalue weighted by Gasteiger charge is 2.39. The third-order valence-corrected chi connectivity index (χ3v) is 5.49.